The molecule has 0 fully saturated rings. The van der Waals surface area contributed by atoms with Gasteiger partial charge in [-0.3, -0.25) is 0 Å². The third-order valence-corrected chi connectivity index (χ3v) is 3.10. The van der Waals surface area contributed by atoms with Crippen LogP contribution in [0.1, 0.15) is 98.8 Å². The van der Waals surface area contributed by atoms with Crippen molar-refractivity contribution in [3.8, 4) is 0 Å². The van der Waals surface area contributed by atoms with E-state index in [9.17, 15) is 0 Å². The van der Waals surface area contributed by atoms with Gasteiger partial charge in [0.2, 0.25) is 0 Å². The Bertz CT molecular complexity index is 84.2. The highest BCUT2D eigenvalue weighted by Gasteiger charge is 2.00. The highest BCUT2D eigenvalue weighted by atomic mass is 14.1. The predicted octanol–water partition coefficient (Wildman–Crippen LogP) is 6.59. The average Bonchev–Trinajstić information content (AvgIpc) is 2.30. The summed E-state index contributed by atoms with van der Waals surface area (Å²) in [5.74, 6) is 0.975. The fourth-order valence-electron chi connectivity index (χ4n) is 1.63. The summed E-state index contributed by atoms with van der Waals surface area (Å²) >= 11 is 0. The van der Waals surface area contributed by atoms with Crippen LogP contribution in [0.5, 0.6) is 0 Å². The Hall–Kier alpha value is 0. The molecule has 0 radical (unpaired) electrons. The lowest BCUT2D eigenvalue weighted by molar-refractivity contribution is 0.442. The molecule has 0 heteroatoms. The fourth-order valence-corrected chi connectivity index (χ4v) is 1.63. The van der Waals surface area contributed by atoms with Gasteiger partial charge < -0.3 is 0 Å². The molecule has 0 atom stereocenters. The summed E-state index contributed by atoms with van der Waals surface area (Å²) in [5.41, 5.74) is 0. The standard InChI is InChI=1S/C12H26.C4H10/c1-4-6-8-10-12(3)11-9-7-5-2;1-3-4-2/h12H,4-11H2,1-3H3;3-4H2,1-2H3. The lowest BCUT2D eigenvalue weighted by atomic mass is 9.97. The minimum atomic E-state index is 0.975. The van der Waals surface area contributed by atoms with E-state index >= 15 is 0 Å². The number of hydrogen-bond donors (Lipinski definition) is 0. The summed E-state index contributed by atoms with van der Waals surface area (Å²) in [4.78, 5) is 0. The SMILES string of the molecule is CCCC.CCCCCC(C)CCCCC. The summed E-state index contributed by atoms with van der Waals surface area (Å²) in [6.45, 7) is 11.3. The summed E-state index contributed by atoms with van der Waals surface area (Å²) in [6.07, 6.45) is 14.0. The van der Waals surface area contributed by atoms with Crippen molar-refractivity contribution < 1.29 is 0 Å². The maximum Gasteiger partial charge on any atom is -0.0443 e. The lowest BCUT2D eigenvalue weighted by Gasteiger charge is -2.09. The van der Waals surface area contributed by atoms with Gasteiger partial charge in [0.15, 0.2) is 0 Å². The Kier molecular flexibility index (Phi) is 20.0. The second-order valence-corrected chi connectivity index (χ2v) is 5.10. The zero-order valence-electron chi connectivity index (χ0n) is 12.6. The van der Waals surface area contributed by atoms with Crippen molar-refractivity contribution in [3.63, 3.8) is 0 Å². The molecule has 0 aromatic heterocycles. The van der Waals surface area contributed by atoms with E-state index in [0.29, 0.717) is 0 Å². The van der Waals surface area contributed by atoms with Crippen molar-refractivity contribution in [1.82, 2.24) is 0 Å². The molecule has 0 rings (SSSR count). The van der Waals surface area contributed by atoms with Crippen LogP contribution >= 0.6 is 0 Å². The fraction of sp³-hybridized carbons (Fsp3) is 1.00. The normalized spacial score (nSPS) is 10.1. The van der Waals surface area contributed by atoms with Crippen LogP contribution in [0.15, 0.2) is 0 Å². The molecule has 0 heterocycles. The predicted molar refractivity (Wildman–Crippen MR) is 78.0 cm³/mol. The van der Waals surface area contributed by atoms with Gasteiger partial charge in [-0.2, -0.15) is 0 Å². The van der Waals surface area contributed by atoms with Crippen molar-refractivity contribution in [2.45, 2.75) is 98.8 Å². The van der Waals surface area contributed by atoms with Gasteiger partial charge in [-0.15, -0.1) is 0 Å². The zero-order valence-corrected chi connectivity index (χ0v) is 12.6. The molecule has 16 heavy (non-hydrogen) atoms. The van der Waals surface area contributed by atoms with Crippen LogP contribution in [-0.2, 0) is 0 Å². The first-order valence-electron chi connectivity index (χ1n) is 7.72. The first kappa shape index (κ1) is 18.4. The smallest absolute Gasteiger partial charge is 0.0443 e. The van der Waals surface area contributed by atoms with Crippen LogP contribution < -0.4 is 0 Å². The van der Waals surface area contributed by atoms with Gasteiger partial charge in [0.25, 0.3) is 0 Å². The molecular formula is C16H36. The molecule has 0 aromatic rings. The van der Waals surface area contributed by atoms with E-state index in [-0.39, 0.29) is 0 Å². The lowest BCUT2D eigenvalue weighted by Crippen LogP contribution is -1.94. The highest BCUT2D eigenvalue weighted by molar-refractivity contribution is 4.53. The first-order chi connectivity index (χ1) is 7.72. The second-order valence-electron chi connectivity index (χ2n) is 5.10. The molecule has 0 saturated carbocycles. The van der Waals surface area contributed by atoms with Crippen LogP contribution in [0.4, 0.5) is 0 Å². The van der Waals surface area contributed by atoms with E-state index in [4.69, 9.17) is 0 Å². The summed E-state index contributed by atoms with van der Waals surface area (Å²) < 4.78 is 0. The zero-order chi connectivity index (χ0) is 12.6. The van der Waals surface area contributed by atoms with Gasteiger partial charge >= 0.3 is 0 Å². The third kappa shape index (κ3) is 19.6. The van der Waals surface area contributed by atoms with E-state index in [0.717, 1.165) is 5.92 Å². The Morgan fingerprint density at radius 1 is 0.562 bits per heavy atom. The van der Waals surface area contributed by atoms with Gasteiger partial charge in [0.1, 0.15) is 0 Å². The van der Waals surface area contributed by atoms with Gasteiger partial charge in [0.05, 0.1) is 0 Å². The molecule has 0 saturated heterocycles. The average molecular weight is 228 g/mol. The Balaban J connectivity index is 0. The quantitative estimate of drug-likeness (QED) is 0.390. The maximum absolute atomic E-state index is 2.41. The van der Waals surface area contributed by atoms with Crippen molar-refractivity contribution in [1.29, 1.82) is 0 Å². The van der Waals surface area contributed by atoms with Crippen LogP contribution in [0.25, 0.3) is 0 Å². The molecule has 0 amide bonds. The topological polar surface area (TPSA) is 0 Å². The van der Waals surface area contributed by atoms with E-state index in [2.05, 4.69) is 34.6 Å². The van der Waals surface area contributed by atoms with E-state index < -0.39 is 0 Å². The van der Waals surface area contributed by atoms with Gasteiger partial charge in [-0.05, 0) is 5.92 Å². The largest absolute Gasteiger partial charge is 0.0654 e. The minimum Gasteiger partial charge on any atom is -0.0654 e. The van der Waals surface area contributed by atoms with Gasteiger partial charge in [-0.25, -0.2) is 0 Å². The Morgan fingerprint density at radius 2 is 0.938 bits per heavy atom. The second kappa shape index (κ2) is 17.4. The molecule has 100 valence electrons. The van der Waals surface area contributed by atoms with E-state index in [1.807, 2.05) is 0 Å². The number of rotatable bonds is 9. The number of hydrogen-bond acceptors (Lipinski definition) is 0. The molecule has 0 aliphatic heterocycles. The molecule has 0 aromatic carbocycles. The van der Waals surface area contributed by atoms with Crippen molar-refractivity contribution >= 4 is 0 Å². The maximum atomic E-state index is 2.41. The molecule has 0 spiro atoms. The molecule has 0 aliphatic rings. The molecule has 0 N–H and O–H groups in total. The number of unbranched alkanes of at least 4 members (excludes halogenated alkanes) is 5. The van der Waals surface area contributed by atoms with Gasteiger partial charge in [-0.1, -0.05) is 98.8 Å². The highest BCUT2D eigenvalue weighted by Crippen LogP contribution is 2.16. The van der Waals surface area contributed by atoms with Crippen LogP contribution in [0.2, 0.25) is 0 Å². The van der Waals surface area contributed by atoms with Crippen LogP contribution in [0.3, 0.4) is 0 Å². The molecule has 0 bridgehead atoms. The molecule has 0 unspecified atom stereocenters. The summed E-state index contributed by atoms with van der Waals surface area (Å²) in [7, 11) is 0. The summed E-state index contributed by atoms with van der Waals surface area (Å²) in [6, 6.07) is 0. The minimum absolute atomic E-state index is 0.975. The van der Waals surface area contributed by atoms with Crippen molar-refractivity contribution in [2.75, 3.05) is 0 Å². The third-order valence-electron chi connectivity index (χ3n) is 3.10. The monoisotopic (exact) mass is 228 g/mol. The van der Waals surface area contributed by atoms with Crippen LogP contribution in [0, 0.1) is 5.92 Å². The molecule has 0 nitrogen and oxygen atoms in total. The van der Waals surface area contributed by atoms with E-state index in [1.165, 1.54) is 64.2 Å². The molecule has 0 aliphatic carbocycles. The first-order valence-corrected chi connectivity index (χ1v) is 7.72. The molecular weight excluding hydrogens is 192 g/mol. The van der Waals surface area contributed by atoms with Gasteiger partial charge in [0, 0.05) is 0 Å². The van der Waals surface area contributed by atoms with Crippen molar-refractivity contribution in [2.24, 2.45) is 5.92 Å². The van der Waals surface area contributed by atoms with Crippen LogP contribution in [-0.4, -0.2) is 0 Å². The summed E-state index contributed by atoms with van der Waals surface area (Å²) in [5, 5.41) is 0. The van der Waals surface area contributed by atoms with Crippen molar-refractivity contribution in [3.05, 3.63) is 0 Å². The van der Waals surface area contributed by atoms with E-state index in [1.54, 1.807) is 0 Å². The Morgan fingerprint density at radius 3 is 1.19 bits per heavy atom. The Labute approximate surface area is 105 Å².